The minimum absolute atomic E-state index is 0.305. The highest BCUT2D eigenvalue weighted by molar-refractivity contribution is 7.86. The second-order valence-corrected chi connectivity index (χ2v) is 10.1. The molecule has 0 radical (unpaired) electrons. The molecule has 0 N–H and O–H groups in total. The molecule has 156 valence electrons. The first kappa shape index (κ1) is 19.9. The molecule has 1 aromatic rings. The van der Waals surface area contributed by atoms with Gasteiger partial charge in [-0.1, -0.05) is 6.07 Å². The van der Waals surface area contributed by atoms with Crippen molar-refractivity contribution in [3.63, 3.8) is 0 Å². The number of ether oxygens (including phenoxy) is 2. The summed E-state index contributed by atoms with van der Waals surface area (Å²) < 4.78 is 38.7. The first-order valence-corrected chi connectivity index (χ1v) is 11.4. The van der Waals surface area contributed by atoms with E-state index in [1.165, 1.54) is 9.87 Å². The van der Waals surface area contributed by atoms with E-state index < -0.39 is 10.2 Å². The summed E-state index contributed by atoms with van der Waals surface area (Å²) in [7, 11) is -0.111. The predicted molar refractivity (Wildman–Crippen MR) is 107 cm³/mol. The number of benzene rings is 1. The van der Waals surface area contributed by atoms with E-state index in [1.54, 1.807) is 18.4 Å². The monoisotopic (exact) mass is 410 g/mol. The van der Waals surface area contributed by atoms with E-state index in [0.29, 0.717) is 25.9 Å². The first-order valence-electron chi connectivity index (χ1n) is 9.96. The molecule has 1 atom stereocenters. The molecule has 4 rings (SSSR count). The van der Waals surface area contributed by atoms with Gasteiger partial charge < -0.3 is 9.47 Å². The third-order valence-electron chi connectivity index (χ3n) is 5.91. The lowest BCUT2D eigenvalue weighted by molar-refractivity contribution is 0.0666. The van der Waals surface area contributed by atoms with Gasteiger partial charge in [0.25, 0.3) is 10.2 Å². The molecule has 0 bridgehead atoms. The van der Waals surface area contributed by atoms with Crippen molar-refractivity contribution in [3.8, 4) is 11.5 Å². The Kier molecular flexibility index (Phi) is 5.80. The van der Waals surface area contributed by atoms with Crippen LogP contribution in [0.1, 0.15) is 18.4 Å². The summed E-state index contributed by atoms with van der Waals surface area (Å²) in [6.07, 6.45) is 2.00. The van der Waals surface area contributed by atoms with Gasteiger partial charge in [-0.15, -0.1) is 0 Å². The average molecular weight is 411 g/mol. The lowest BCUT2D eigenvalue weighted by Crippen LogP contribution is -2.56. The number of hydrogen-bond acceptors (Lipinski definition) is 6. The molecule has 3 aliphatic heterocycles. The highest BCUT2D eigenvalue weighted by Gasteiger charge is 2.34. The van der Waals surface area contributed by atoms with Crippen LogP contribution in [0.5, 0.6) is 11.5 Å². The molecule has 1 aromatic carbocycles. The molecule has 2 fully saturated rings. The fraction of sp³-hybridized carbons (Fsp3) is 0.684. The maximum atomic E-state index is 12.5. The van der Waals surface area contributed by atoms with Gasteiger partial charge >= 0.3 is 0 Å². The average Bonchev–Trinajstić information content (AvgIpc) is 3.16. The van der Waals surface area contributed by atoms with E-state index in [2.05, 4.69) is 21.9 Å². The highest BCUT2D eigenvalue weighted by Crippen LogP contribution is 2.33. The van der Waals surface area contributed by atoms with Crippen LogP contribution in [0.3, 0.4) is 0 Å². The molecule has 0 spiro atoms. The Hall–Kier alpha value is -1.39. The number of fused-ring (bicyclic) bond motifs is 1. The van der Waals surface area contributed by atoms with Gasteiger partial charge in [0, 0.05) is 66.0 Å². The molecule has 0 saturated carbocycles. The Labute approximate surface area is 167 Å². The molecule has 2 saturated heterocycles. The summed E-state index contributed by atoms with van der Waals surface area (Å²) in [5, 5.41) is 0. The van der Waals surface area contributed by atoms with Crippen LogP contribution < -0.4 is 9.47 Å². The van der Waals surface area contributed by atoms with Crippen molar-refractivity contribution in [2.24, 2.45) is 0 Å². The molecule has 8 nitrogen and oxygen atoms in total. The van der Waals surface area contributed by atoms with E-state index in [4.69, 9.17) is 9.47 Å². The molecule has 28 heavy (non-hydrogen) atoms. The van der Waals surface area contributed by atoms with Gasteiger partial charge in [0.1, 0.15) is 0 Å². The summed E-state index contributed by atoms with van der Waals surface area (Å²) >= 11 is 0. The van der Waals surface area contributed by atoms with Crippen molar-refractivity contribution in [1.82, 2.24) is 18.4 Å². The van der Waals surface area contributed by atoms with Crippen LogP contribution in [0, 0.1) is 0 Å². The third-order valence-corrected chi connectivity index (χ3v) is 7.82. The van der Waals surface area contributed by atoms with Gasteiger partial charge in [0.05, 0.1) is 0 Å². The molecule has 9 heteroatoms. The van der Waals surface area contributed by atoms with E-state index in [0.717, 1.165) is 57.1 Å². The zero-order chi connectivity index (χ0) is 19.7. The van der Waals surface area contributed by atoms with E-state index >= 15 is 0 Å². The third kappa shape index (κ3) is 4.13. The lowest BCUT2D eigenvalue weighted by atomic mass is 10.0. The largest absolute Gasteiger partial charge is 0.454 e. The summed E-state index contributed by atoms with van der Waals surface area (Å²) in [5.41, 5.74) is 1.23. The van der Waals surface area contributed by atoms with Gasteiger partial charge in [0.15, 0.2) is 11.5 Å². The number of piperazine rings is 1. The predicted octanol–water partition coefficient (Wildman–Crippen LogP) is 0.804. The van der Waals surface area contributed by atoms with Crippen molar-refractivity contribution in [2.45, 2.75) is 25.4 Å². The number of hydrogen-bond donors (Lipinski definition) is 0. The second kappa shape index (κ2) is 8.16. The molecular weight excluding hydrogens is 380 g/mol. The Morgan fingerprint density at radius 3 is 2.57 bits per heavy atom. The van der Waals surface area contributed by atoms with Crippen molar-refractivity contribution in [3.05, 3.63) is 23.8 Å². The standard InChI is InChI=1S/C19H30N4O4S/c1-20(2)28(24,25)23-7-3-4-17(14-23)22-10-8-21(9-11-22)13-16-5-6-18-19(12-16)27-15-26-18/h5-6,12,17H,3-4,7-11,13-15H2,1-2H3. The smallest absolute Gasteiger partial charge is 0.281 e. The Morgan fingerprint density at radius 1 is 1.07 bits per heavy atom. The van der Waals surface area contributed by atoms with Crippen LogP contribution in [0.25, 0.3) is 0 Å². The molecule has 3 heterocycles. The molecule has 3 aliphatic rings. The van der Waals surface area contributed by atoms with Gasteiger partial charge in [-0.3, -0.25) is 9.80 Å². The molecular formula is C19H30N4O4S. The quantitative estimate of drug-likeness (QED) is 0.716. The van der Waals surface area contributed by atoms with E-state index in [-0.39, 0.29) is 0 Å². The van der Waals surface area contributed by atoms with Gasteiger partial charge in [0.2, 0.25) is 6.79 Å². The van der Waals surface area contributed by atoms with Crippen LogP contribution in [0.15, 0.2) is 18.2 Å². The molecule has 1 unspecified atom stereocenters. The number of rotatable bonds is 5. The van der Waals surface area contributed by atoms with Crippen LogP contribution in [-0.4, -0.2) is 93.0 Å². The van der Waals surface area contributed by atoms with E-state index in [1.807, 2.05) is 6.07 Å². The maximum absolute atomic E-state index is 12.5. The molecule has 0 amide bonds. The fourth-order valence-electron chi connectivity index (χ4n) is 4.24. The topological polar surface area (TPSA) is 65.6 Å². The van der Waals surface area contributed by atoms with E-state index in [9.17, 15) is 8.42 Å². The molecule has 0 aliphatic carbocycles. The SMILES string of the molecule is CN(C)S(=O)(=O)N1CCCC(N2CCN(Cc3ccc4c(c3)OCO4)CC2)C1. The van der Waals surface area contributed by atoms with Crippen LogP contribution in [0.2, 0.25) is 0 Å². The Morgan fingerprint density at radius 2 is 1.82 bits per heavy atom. The summed E-state index contributed by atoms with van der Waals surface area (Å²) in [6.45, 7) is 6.37. The number of piperidine rings is 1. The lowest BCUT2D eigenvalue weighted by Gasteiger charge is -2.43. The fourth-order valence-corrected chi connectivity index (χ4v) is 5.43. The summed E-state index contributed by atoms with van der Waals surface area (Å²) in [5.74, 6) is 1.66. The Balaban J connectivity index is 1.30. The van der Waals surface area contributed by atoms with Crippen molar-refractivity contribution >= 4 is 10.2 Å². The molecule has 0 aromatic heterocycles. The maximum Gasteiger partial charge on any atom is 0.281 e. The van der Waals surface area contributed by atoms with Crippen LogP contribution in [0.4, 0.5) is 0 Å². The Bertz CT molecular complexity index is 793. The highest BCUT2D eigenvalue weighted by atomic mass is 32.2. The first-order chi connectivity index (χ1) is 13.4. The van der Waals surface area contributed by atoms with Crippen molar-refractivity contribution < 1.29 is 17.9 Å². The minimum atomic E-state index is -3.32. The second-order valence-electron chi connectivity index (χ2n) is 7.94. The van der Waals surface area contributed by atoms with Crippen LogP contribution in [-0.2, 0) is 16.8 Å². The zero-order valence-corrected chi connectivity index (χ0v) is 17.5. The van der Waals surface area contributed by atoms with Crippen LogP contribution >= 0.6 is 0 Å². The van der Waals surface area contributed by atoms with Gasteiger partial charge in [-0.05, 0) is 30.5 Å². The van der Waals surface area contributed by atoms with Gasteiger partial charge in [-0.2, -0.15) is 17.0 Å². The normalized spacial score (nSPS) is 24.8. The van der Waals surface area contributed by atoms with Crippen molar-refractivity contribution in [1.29, 1.82) is 0 Å². The van der Waals surface area contributed by atoms with Gasteiger partial charge in [-0.25, -0.2) is 0 Å². The zero-order valence-electron chi connectivity index (χ0n) is 16.7. The minimum Gasteiger partial charge on any atom is -0.454 e. The summed E-state index contributed by atoms with van der Waals surface area (Å²) in [4.78, 5) is 4.92. The van der Waals surface area contributed by atoms with Crippen molar-refractivity contribution in [2.75, 3.05) is 60.2 Å². The summed E-state index contributed by atoms with van der Waals surface area (Å²) in [6, 6.07) is 6.47. The number of nitrogens with zero attached hydrogens (tertiary/aromatic N) is 4.